The second kappa shape index (κ2) is 5.80. The number of aryl methyl sites for hydroxylation is 2. The number of amidine groups is 1. The minimum Gasteiger partial charge on any atom is -0.322 e. The predicted octanol–water partition coefficient (Wildman–Crippen LogP) is 2.57. The molecule has 0 amide bonds. The van der Waals surface area contributed by atoms with E-state index in [0.29, 0.717) is 5.17 Å². The molecule has 0 bridgehead atoms. The minimum atomic E-state index is -0.131. The molecule has 0 aliphatic rings. The van der Waals surface area contributed by atoms with Gasteiger partial charge in [-0.25, -0.2) is 4.99 Å². The van der Waals surface area contributed by atoms with Crippen LogP contribution in [0.5, 0.6) is 0 Å². The number of benzene rings is 1. The minimum absolute atomic E-state index is 0.131. The van der Waals surface area contributed by atoms with Crippen molar-refractivity contribution < 1.29 is 0 Å². The van der Waals surface area contributed by atoms with Crippen molar-refractivity contribution in [3.8, 4) is 6.19 Å². The summed E-state index contributed by atoms with van der Waals surface area (Å²) in [5.74, 6) is 0. The van der Waals surface area contributed by atoms with Crippen molar-refractivity contribution in [1.29, 1.82) is 5.26 Å². The lowest BCUT2D eigenvalue weighted by molar-refractivity contribution is 1.25. The monoisotopic (exact) mass is 286 g/mol. The number of nitrogens with zero attached hydrogens (tertiary/aromatic N) is 2. The van der Waals surface area contributed by atoms with Crippen molar-refractivity contribution in [3.05, 3.63) is 39.7 Å². The Labute approximate surface area is 120 Å². The summed E-state index contributed by atoms with van der Waals surface area (Å²) < 4.78 is 0. The summed E-state index contributed by atoms with van der Waals surface area (Å²) in [4.78, 5) is 18.7. The molecule has 1 aromatic heterocycles. The molecule has 0 saturated carbocycles. The van der Waals surface area contributed by atoms with E-state index in [0.717, 1.165) is 27.7 Å². The van der Waals surface area contributed by atoms with Gasteiger partial charge < -0.3 is 4.98 Å². The van der Waals surface area contributed by atoms with E-state index < -0.39 is 0 Å². The first kappa shape index (κ1) is 14.2. The number of thioether (sulfide) groups is 1. The van der Waals surface area contributed by atoms with Crippen molar-refractivity contribution in [3.63, 3.8) is 0 Å². The van der Waals surface area contributed by atoms with Crippen LogP contribution in [0.4, 0.5) is 5.69 Å². The first-order valence-corrected chi connectivity index (χ1v) is 7.19. The number of rotatable bonds is 1. The van der Waals surface area contributed by atoms with E-state index in [9.17, 15) is 4.79 Å². The van der Waals surface area contributed by atoms with Crippen LogP contribution in [0.3, 0.4) is 0 Å². The first-order valence-electron chi connectivity index (χ1n) is 5.97. The van der Waals surface area contributed by atoms with Gasteiger partial charge in [0, 0.05) is 11.5 Å². The third-order valence-electron chi connectivity index (χ3n) is 2.94. The van der Waals surface area contributed by atoms with Crippen LogP contribution in [0.15, 0.2) is 28.0 Å². The van der Waals surface area contributed by atoms with Crippen LogP contribution in [0.25, 0.3) is 10.9 Å². The van der Waals surface area contributed by atoms with Gasteiger partial charge in [-0.1, -0.05) is 11.8 Å². The number of aromatic amines is 1. The Morgan fingerprint density at radius 3 is 2.75 bits per heavy atom. The van der Waals surface area contributed by atoms with E-state index >= 15 is 0 Å². The Kier molecular flexibility index (Phi) is 4.11. The largest absolute Gasteiger partial charge is 0.322 e. The molecule has 0 spiro atoms. The van der Waals surface area contributed by atoms with Crippen molar-refractivity contribution in [2.24, 2.45) is 4.99 Å². The summed E-state index contributed by atoms with van der Waals surface area (Å²) in [6, 6.07) is 5.40. The van der Waals surface area contributed by atoms with Gasteiger partial charge in [-0.15, -0.1) is 0 Å². The summed E-state index contributed by atoms with van der Waals surface area (Å²) >= 11 is 1.35. The molecule has 6 heteroatoms. The van der Waals surface area contributed by atoms with E-state index in [1.165, 1.54) is 11.8 Å². The fraction of sp³-hybridized carbons (Fsp3) is 0.214. The molecule has 0 atom stereocenters. The smallest absolute Gasteiger partial charge is 0.248 e. The number of hydrogen-bond donors (Lipinski definition) is 2. The second-order valence-electron chi connectivity index (χ2n) is 4.36. The topological polar surface area (TPSA) is 81.0 Å². The summed E-state index contributed by atoms with van der Waals surface area (Å²) in [7, 11) is 0. The van der Waals surface area contributed by atoms with E-state index in [-0.39, 0.29) is 5.56 Å². The highest BCUT2D eigenvalue weighted by Gasteiger charge is 2.06. The molecule has 2 rings (SSSR count). The number of nitrogens with one attached hydrogen (secondary N) is 2. The van der Waals surface area contributed by atoms with Gasteiger partial charge in [-0.3, -0.25) is 10.1 Å². The maximum absolute atomic E-state index is 11.5. The second-order valence-corrected chi connectivity index (χ2v) is 5.15. The van der Waals surface area contributed by atoms with Crippen LogP contribution in [-0.4, -0.2) is 16.4 Å². The SMILES string of the molecule is CSC(=Nc1cc2[nH]c(=O)cc(C)c2cc1C)NC#N. The molecule has 5 nitrogen and oxygen atoms in total. The fourth-order valence-corrected chi connectivity index (χ4v) is 2.31. The Balaban J connectivity index is 2.64. The van der Waals surface area contributed by atoms with Crippen molar-refractivity contribution in [2.45, 2.75) is 13.8 Å². The molecular weight excluding hydrogens is 272 g/mol. The number of hydrogen-bond acceptors (Lipinski definition) is 4. The number of aliphatic imine (C=N–C) groups is 1. The third-order valence-corrected chi connectivity index (χ3v) is 3.52. The van der Waals surface area contributed by atoms with E-state index in [1.54, 1.807) is 6.07 Å². The number of H-pyrrole nitrogens is 1. The zero-order chi connectivity index (χ0) is 14.7. The maximum atomic E-state index is 11.5. The lowest BCUT2D eigenvalue weighted by Crippen LogP contribution is -2.12. The highest BCUT2D eigenvalue weighted by molar-refractivity contribution is 8.13. The Morgan fingerprint density at radius 2 is 2.10 bits per heavy atom. The van der Waals surface area contributed by atoms with Crippen LogP contribution in [0, 0.1) is 25.3 Å². The van der Waals surface area contributed by atoms with Crippen LogP contribution in [0.2, 0.25) is 0 Å². The fourth-order valence-electron chi connectivity index (χ4n) is 1.97. The molecular formula is C14H14N4OS. The third kappa shape index (κ3) is 2.83. The molecule has 102 valence electrons. The lowest BCUT2D eigenvalue weighted by Gasteiger charge is -2.07. The van der Waals surface area contributed by atoms with Crippen molar-refractivity contribution in [1.82, 2.24) is 10.3 Å². The standard InChI is InChI=1S/C14H14N4OS/c1-8-5-13(19)17-12-6-11(9(2)4-10(8)12)18-14(20-3)16-7-15/h4-6H,1-3H3,(H,16,18)(H,17,19). The highest BCUT2D eigenvalue weighted by atomic mass is 32.2. The molecule has 20 heavy (non-hydrogen) atoms. The van der Waals surface area contributed by atoms with Gasteiger partial charge in [0.15, 0.2) is 11.4 Å². The van der Waals surface area contributed by atoms with Gasteiger partial charge in [0.25, 0.3) is 0 Å². The summed E-state index contributed by atoms with van der Waals surface area (Å²) in [5, 5.41) is 12.7. The van der Waals surface area contributed by atoms with Crippen LogP contribution in [0.1, 0.15) is 11.1 Å². The van der Waals surface area contributed by atoms with Crippen molar-refractivity contribution in [2.75, 3.05) is 6.26 Å². The normalized spacial score (nSPS) is 11.4. The number of fused-ring (bicyclic) bond motifs is 1. The molecule has 1 aromatic carbocycles. The summed E-state index contributed by atoms with van der Waals surface area (Å²) in [5.41, 5.74) is 3.26. The molecule has 0 aliphatic carbocycles. The van der Waals surface area contributed by atoms with Gasteiger partial charge in [0.05, 0.1) is 11.2 Å². The number of nitriles is 1. The van der Waals surface area contributed by atoms with Gasteiger partial charge in [0.2, 0.25) is 5.56 Å². The first-order chi connectivity index (χ1) is 9.55. The summed E-state index contributed by atoms with van der Waals surface area (Å²) in [6.07, 6.45) is 3.69. The molecule has 0 fully saturated rings. The van der Waals surface area contributed by atoms with E-state index in [4.69, 9.17) is 5.26 Å². The Hall–Kier alpha value is -2.26. The quantitative estimate of drug-likeness (QED) is 0.365. The molecule has 0 unspecified atom stereocenters. The Bertz CT molecular complexity index is 786. The maximum Gasteiger partial charge on any atom is 0.248 e. The van der Waals surface area contributed by atoms with E-state index in [1.807, 2.05) is 38.4 Å². The van der Waals surface area contributed by atoms with Gasteiger partial charge >= 0.3 is 0 Å². The predicted molar refractivity (Wildman–Crippen MR) is 83.4 cm³/mol. The highest BCUT2D eigenvalue weighted by Crippen LogP contribution is 2.26. The Morgan fingerprint density at radius 1 is 1.35 bits per heavy atom. The van der Waals surface area contributed by atoms with E-state index in [2.05, 4.69) is 15.3 Å². The molecule has 1 heterocycles. The van der Waals surface area contributed by atoms with Crippen molar-refractivity contribution >= 4 is 33.5 Å². The average molecular weight is 286 g/mol. The number of pyridine rings is 1. The molecule has 2 N–H and O–H groups in total. The van der Waals surface area contributed by atoms with Crippen LogP contribution < -0.4 is 10.9 Å². The zero-order valence-corrected chi connectivity index (χ0v) is 12.3. The van der Waals surface area contributed by atoms with Gasteiger partial charge in [-0.2, -0.15) is 5.26 Å². The molecule has 0 saturated heterocycles. The summed E-state index contributed by atoms with van der Waals surface area (Å²) in [6.45, 7) is 3.86. The average Bonchev–Trinajstić information content (AvgIpc) is 2.40. The zero-order valence-electron chi connectivity index (χ0n) is 11.4. The molecule has 0 aliphatic heterocycles. The van der Waals surface area contributed by atoms with Crippen LogP contribution >= 0.6 is 11.8 Å². The number of aromatic nitrogens is 1. The molecule has 2 aromatic rings. The van der Waals surface area contributed by atoms with Gasteiger partial charge in [-0.05, 0) is 43.4 Å². The molecule has 0 radical (unpaired) electrons. The van der Waals surface area contributed by atoms with Crippen LogP contribution in [-0.2, 0) is 0 Å². The lowest BCUT2D eigenvalue weighted by atomic mass is 10.1. The van der Waals surface area contributed by atoms with Gasteiger partial charge in [0.1, 0.15) is 0 Å².